The lowest BCUT2D eigenvalue weighted by Gasteiger charge is -2.23. The van der Waals surface area contributed by atoms with E-state index in [1.807, 2.05) is 103 Å². The van der Waals surface area contributed by atoms with Crippen molar-refractivity contribution in [3.63, 3.8) is 0 Å². The molecule has 0 bridgehead atoms. The molecule has 228 valence electrons. The normalized spacial score (nSPS) is 13.0. The Morgan fingerprint density at radius 2 is 1.15 bits per heavy atom. The Bertz CT molecular complexity index is 2480. The van der Waals surface area contributed by atoms with Crippen LogP contribution in [0.4, 0.5) is 0 Å². The lowest BCUT2D eigenvalue weighted by Crippen LogP contribution is -2.17. The van der Waals surface area contributed by atoms with Crippen LogP contribution < -0.4 is 0 Å². The largest absolute Gasteiger partial charge is 0.289 e. The van der Waals surface area contributed by atoms with Crippen LogP contribution in [0, 0.1) is 0 Å². The number of aromatic nitrogens is 4. The highest BCUT2D eigenvalue weighted by atomic mass is 16.1. The molecule has 1 aliphatic carbocycles. The van der Waals surface area contributed by atoms with Gasteiger partial charge in [-0.15, -0.1) is 0 Å². The van der Waals surface area contributed by atoms with E-state index >= 15 is 0 Å². The molecule has 9 rings (SSSR count). The maximum atomic E-state index is 13.8. The highest BCUT2D eigenvalue weighted by Crippen LogP contribution is 2.52. The first-order valence-corrected chi connectivity index (χ1v) is 16.2. The molecule has 0 radical (unpaired) electrons. The van der Waals surface area contributed by atoms with E-state index in [0.717, 1.165) is 32.9 Å². The molecular formula is C43H30N4O. The van der Waals surface area contributed by atoms with Gasteiger partial charge in [-0.2, -0.15) is 9.97 Å². The molecule has 0 fully saturated rings. The van der Waals surface area contributed by atoms with Crippen molar-refractivity contribution in [3.8, 4) is 39.9 Å². The highest BCUT2D eigenvalue weighted by molar-refractivity contribution is 6.16. The monoisotopic (exact) mass is 618 g/mol. The smallest absolute Gasteiger partial charge is 0.238 e. The first-order chi connectivity index (χ1) is 23.5. The number of carbonyl (C=O) groups is 1. The van der Waals surface area contributed by atoms with E-state index in [2.05, 4.69) is 60.9 Å². The molecule has 8 aromatic rings. The van der Waals surface area contributed by atoms with E-state index in [4.69, 9.17) is 15.0 Å². The minimum atomic E-state index is -0.294. The zero-order chi connectivity index (χ0) is 32.4. The van der Waals surface area contributed by atoms with E-state index in [0.29, 0.717) is 28.7 Å². The van der Waals surface area contributed by atoms with Crippen molar-refractivity contribution in [2.24, 2.45) is 0 Å². The average Bonchev–Trinajstić information content (AvgIpc) is 3.60. The number of ketones is 1. The van der Waals surface area contributed by atoms with Gasteiger partial charge in [0, 0.05) is 38.4 Å². The second-order valence-electron chi connectivity index (χ2n) is 12.8. The zero-order valence-corrected chi connectivity index (χ0v) is 26.6. The Morgan fingerprint density at radius 1 is 0.562 bits per heavy atom. The van der Waals surface area contributed by atoms with Crippen molar-refractivity contribution in [2.75, 3.05) is 0 Å². The average molecular weight is 619 g/mol. The van der Waals surface area contributed by atoms with Gasteiger partial charge in [0.05, 0.1) is 11.0 Å². The number of nitrogens with zero attached hydrogens (tertiary/aromatic N) is 4. The number of fused-ring (bicyclic) bond motifs is 7. The first-order valence-electron chi connectivity index (χ1n) is 16.2. The Kier molecular flexibility index (Phi) is 6.24. The number of carbonyl (C=O) groups excluding carboxylic acids is 1. The van der Waals surface area contributed by atoms with Crippen LogP contribution in [0.5, 0.6) is 0 Å². The van der Waals surface area contributed by atoms with Gasteiger partial charge >= 0.3 is 0 Å². The molecule has 2 heterocycles. The predicted molar refractivity (Wildman–Crippen MR) is 192 cm³/mol. The van der Waals surface area contributed by atoms with Crippen LogP contribution in [0.15, 0.2) is 146 Å². The van der Waals surface area contributed by atoms with E-state index in [9.17, 15) is 4.79 Å². The molecule has 0 saturated heterocycles. The van der Waals surface area contributed by atoms with E-state index in [1.165, 1.54) is 22.3 Å². The molecule has 1 aliphatic rings. The fourth-order valence-corrected chi connectivity index (χ4v) is 7.36. The minimum absolute atomic E-state index is 0.0298. The summed E-state index contributed by atoms with van der Waals surface area (Å²) in [6.45, 7) is 4.59. The minimum Gasteiger partial charge on any atom is -0.289 e. The van der Waals surface area contributed by atoms with Crippen molar-refractivity contribution in [1.29, 1.82) is 0 Å². The van der Waals surface area contributed by atoms with Gasteiger partial charge in [-0.05, 0) is 28.3 Å². The van der Waals surface area contributed by atoms with Crippen LogP contribution in [-0.2, 0) is 5.41 Å². The molecule has 5 heteroatoms. The molecule has 48 heavy (non-hydrogen) atoms. The summed E-state index contributed by atoms with van der Waals surface area (Å²) < 4.78 is 2.17. The lowest BCUT2D eigenvalue weighted by atomic mass is 9.81. The summed E-state index contributed by atoms with van der Waals surface area (Å²) in [4.78, 5) is 29.2. The second-order valence-corrected chi connectivity index (χ2v) is 12.8. The molecular weight excluding hydrogens is 589 g/mol. The molecule has 0 amide bonds. The van der Waals surface area contributed by atoms with Gasteiger partial charge in [0.25, 0.3) is 0 Å². The fraction of sp³-hybridized carbons (Fsp3) is 0.0698. The molecule has 0 N–H and O–H groups in total. The Hall–Kier alpha value is -6.20. The van der Waals surface area contributed by atoms with Crippen LogP contribution in [0.2, 0.25) is 0 Å². The second kappa shape index (κ2) is 10.7. The van der Waals surface area contributed by atoms with Gasteiger partial charge in [0.2, 0.25) is 5.95 Å². The Balaban J connectivity index is 1.41. The van der Waals surface area contributed by atoms with Gasteiger partial charge in [0.1, 0.15) is 0 Å². The Morgan fingerprint density at radius 3 is 1.81 bits per heavy atom. The maximum absolute atomic E-state index is 13.8. The fourth-order valence-electron chi connectivity index (χ4n) is 7.36. The molecule has 5 nitrogen and oxygen atoms in total. The van der Waals surface area contributed by atoms with Crippen molar-refractivity contribution >= 4 is 27.6 Å². The van der Waals surface area contributed by atoms with E-state index in [-0.39, 0.29) is 11.2 Å². The SMILES string of the molecule is CC1(C)c2ccccc2-c2ccc3c4ccc(C(=O)c5ccccc5)cc4n(-c4nc(-c5ccccc5)nc(-c5ccccc5)n4)c3c21. The van der Waals surface area contributed by atoms with Crippen LogP contribution in [-0.4, -0.2) is 25.3 Å². The summed E-state index contributed by atoms with van der Waals surface area (Å²) in [5.74, 6) is 1.65. The highest BCUT2D eigenvalue weighted by Gasteiger charge is 2.38. The van der Waals surface area contributed by atoms with Gasteiger partial charge in [-0.1, -0.05) is 153 Å². The summed E-state index contributed by atoms with van der Waals surface area (Å²) in [5.41, 5.74) is 9.62. The summed E-state index contributed by atoms with van der Waals surface area (Å²) in [7, 11) is 0. The lowest BCUT2D eigenvalue weighted by molar-refractivity contribution is 0.103. The Labute approximate surface area is 278 Å². The third kappa shape index (κ3) is 4.25. The van der Waals surface area contributed by atoms with Gasteiger partial charge in [-0.25, -0.2) is 4.98 Å². The van der Waals surface area contributed by atoms with Gasteiger partial charge in [-0.3, -0.25) is 9.36 Å². The molecule has 0 aliphatic heterocycles. The summed E-state index contributed by atoms with van der Waals surface area (Å²) in [6, 6.07) is 48.6. The third-order valence-electron chi connectivity index (χ3n) is 9.63. The van der Waals surface area contributed by atoms with Crippen LogP contribution in [0.1, 0.15) is 40.9 Å². The summed E-state index contributed by atoms with van der Waals surface area (Å²) in [6.07, 6.45) is 0. The molecule has 0 spiro atoms. The molecule has 0 saturated carbocycles. The summed E-state index contributed by atoms with van der Waals surface area (Å²) >= 11 is 0. The topological polar surface area (TPSA) is 60.7 Å². The standard InChI is InChI=1S/C43H30N4O/c1-43(2)35-21-13-12-20-31(35)33-24-25-34-32-23-22-30(39(48)27-14-6-3-7-15-27)26-36(32)47(38(34)37(33)43)42-45-40(28-16-8-4-9-17-28)44-41(46-42)29-18-10-5-11-19-29/h3-26H,1-2H3. The zero-order valence-electron chi connectivity index (χ0n) is 26.6. The first kappa shape index (κ1) is 28.1. The molecule has 6 aromatic carbocycles. The van der Waals surface area contributed by atoms with Crippen LogP contribution in [0.25, 0.3) is 61.7 Å². The summed E-state index contributed by atoms with van der Waals surface area (Å²) in [5, 5.41) is 2.12. The molecule has 2 aromatic heterocycles. The van der Waals surface area contributed by atoms with Crippen molar-refractivity contribution in [3.05, 3.63) is 168 Å². The number of benzene rings is 6. The van der Waals surface area contributed by atoms with Crippen molar-refractivity contribution in [1.82, 2.24) is 19.5 Å². The van der Waals surface area contributed by atoms with E-state index in [1.54, 1.807) is 0 Å². The van der Waals surface area contributed by atoms with Gasteiger partial charge in [0.15, 0.2) is 17.4 Å². The van der Waals surface area contributed by atoms with Crippen molar-refractivity contribution < 1.29 is 4.79 Å². The number of hydrogen-bond acceptors (Lipinski definition) is 4. The van der Waals surface area contributed by atoms with Crippen molar-refractivity contribution in [2.45, 2.75) is 19.3 Å². The maximum Gasteiger partial charge on any atom is 0.238 e. The molecule has 0 atom stereocenters. The third-order valence-corrected chi connectivity index (χ3v) is 9.63. The number of rotatable bonds is 5. The van der Waals surface area contributed by atoms with Crippen LogP contribution in [0.3, 0.4) is 0 Å². The quantitative estimate of drug-likeness (QED) is 0.180. The number of hydrogen-bond donors (Lipinski definition) is 0. The molecule has 0 unspecified atom stereocenters. The van der Waals surface area contributed by atoms with Gasteiger partial charge < -0.3 is 0 Å². The predicted octanol–water partition coefficient (Wildman–Crippen LogP) is 9.84. The van der Waals surface area contributed by atoms with Crippen LogP contribution >= 0.6 is 0 Å². The van der Waals surface area contributed by atoms with E-state index < -0.39 is 0 Å².